The summed E-state index contributed by atoms with van der Waals surface area (Å²) in [6, 6.07) is 0. The van der Waals surface area contributed by atoms with Gasteiger partial charge in [0.05, 0.1) is 11.6 Å². The van der Waals surface area contributed by atoms with E-state index in [0.717, 1.165) is 10.8 Å². The van der Waals surface area contributed by atoms with Crippen LogP contribution < -0.4 is 4.90 Å². The molecule has 1 rings (SSSR count). The van der Waals surface area contributed by atoms with Gasteiger partial charge in [-0.2, -0.15) is 0 Å². The third kappa shape index (κ3) is 5.71. The zero-order chi connectivity index (χ0) is 16.0. The molecule has 0 amide bonds. The van der Waals surface area contributed by atoms with Gasteiger partial charge in [0.2, 0.25) is 0 Å². The number of carboxylic acid groups (broad SMARTS) is 2. The van der Waals surface area contributed by atoms with Crippen LogP contribution in [0.5, 0.6) is 0 Å². The van der Waals surface area contributed by atoms with E-state index in [9.17, 15) is 9.59 Å². The molecule has 0 aliphatic carbocycles. The van der Waals surface area contributed by atoms with Gasteiger partial charge < -0.3 is 15.1 Å². The molecule has 1 aromatic heterocycles. The zero-order valence-corrected chi connectivity index (χ0v) is 13.4. The molecule has 0 saturated heterocycles. The van der Waals surface area contributed by atoms with Gasteiger partial charge in [0, 0.05) is 24.9 Å². The number of aliphatic carboxylic acids is 2. The minimum atomic E-state index is -0.862. The van der Waals surface area contributed by atoms with Crippen molar-refractivity contribution in [1.82, 2.24) is 4.98 Å². The molecule has 21 heavy (non-hydrogen) atoms. The first-order valence-corrected chi connectivity index (χ1v) is 7.84. The van der Waals surface area contributed by atoms with Crippen molar-refractivity contribution < 1.29 is 19.8 Å². The first-order valence-electron chi connectivity index (χ1n) is 6.96. The summed E-state index contributed by atoms with van der Waals surface area (Å²) < 4.78 is 0. The molecule has 0 bridgehead atoms. The molecule has 2 N–H and O–H groups in total. The SMILES string of the molecule is CC(CN(CCCC(=O)O)c1nc(C(C)C)cs1)C(=O)O. The van der Waals surface area contributed by atoms with Gasteiger partial charge in [-0.3, -0.25) is 9.59 Å². The van der Waals surface area contributed by atoms with Crippen molar-refractivity contribution in [2.45, 2.75) is 39.5 Å². The maximum Gasteiger partial charge on any atom is 0.308 e. The normalized spacial score (nSPS) is 12.4. The fraction of sp³-hybridized carbons (Fsp3) is 0.643. The molecular weight excluding hydrogens is 292 g/mol. The monoisotopic (exact) mass is 314 g/mol. The highest BCUT2D eigenvalue weighted by atomic mass is 32.1. The van der Waals surface area contributed by atoms with Crippen LogP contribution in [0.2, 0.25) is 0 Å². The average Bonchev–Trinajstić information content (AvgIpc) is 2.86. The molecule has 0 saturated carbocycles. The number of aromatic nitrogens is 1. The van der Waals surface area contributed by atoms with E-state index >= 15 is 0 Å². The average molecular weight is 314 g/mol. The van der Waals surface area contributed by atoms with Crippen LogP contribution in [0.3, 0.4) is 0 Å². The molecule has 1 atom stereocenters. The van der Waals surface area contributed by atoms with Gasteiger partial charge in [0.25, 0.3) is 0 Å². The third-order valence-corrected chi connectivity index (χ3v) is 4.03. The van der Waals surface area contributed by atoms with Crippen molar-refractivity contribution in [2.75, 3.05) is 18.0 Å². The van der Waals surface area contributed by atoms with Crippen LogP contribution >= 0.6 is 11.3 Å². The number of anilines is 1. The fourth-order valence-corrected chi connectivity index (χ4v) is 2.81. The summed E-state index contributed by atoms with van der Waals surface area (Å²) in [7, 11) is 0. The van der Waals surface area contributed by atoms with Gasteiger partial charge in [-0.25, -0.2) is 4.98 Å². The van der Waals surface area contributed by atoms with Crippen molar-refractivity contribution in [3.05, 3.63) is 11.1 Å². The Bertz CT molecular complexity index is 487. The van der Waals surface area contributed by atoms with E-state index in [1.807, 2.05) is 24.1 Å². The number of nitrogens with zero attached hydrogens (tertiary/aromatic N) is 2. The lowest BCUT2D eigenvalue weighted by molar-refractivity contribution is -0.141. The number of hydrogen-bond acceptors (Lipinski definition) is 5. The third-order valence-electron chi connectivity index (χ3n) is 3.11. The Balaban J connectivity index is 2.78. The van der Waals surface area contributed by atoms with Crippen LogP contribution in [-0.2, 0) is 9.59 Å². The second-order valence-electron chi connectivity index (χ2n) is 5.39. The number of thiazole rings is 1. The topological polar surface area (TPSA) is 90.7 Å². The van der Waals surface area contributed by atoms with E-state index in [2.05, 4.69) is 4.98 Å². The highest BCUT2D eigenvalue weighted by molar-refractivity contribution is 7.13. The Morgan fingerprint density at radius 1 is 1.33 bits per heavy atom. The predicted octanol–water partition coefficient (Wildman–Crippen LogP) is 2.66. The molecule has 118 valence electrons. The van der Waals surface area contributed by atoms with E-state index in [1.165, 1.54) is 11.3 Å². The molecule has 1 unspecified atom stereocenters. The molecule has 1 heterocycles. The molecule has 6 nitrogen and oxygen atoms in total. The molecule has 7 heteroatoms. The maximum absolute atomic E-state index is 11.0. The van der Waals surface area contributed by atoms with Gasteiger partial charge in [-0.15, -0.1) is 11.3 Å². The summed E-state index contributed by atoms with van der Waals surface area (Å²) in [5.74, 6) is -1.92. The Labute approximate surface area is 128 Å². The van der Waals surface area contributed by atoms with E-state index < -0.39 is 17.9 Å². The number of rotatable bonds is 9. The molecule has 0 aliphatic heterocycles. The van der Waals surface area contributed by atoms with E-state index in [0.29, 0.717) is 25.4 Å². The van der Waals surface area contributed by atoms with Crippen molar-refractivity contribution in [2.24, 2.45) is 5.92 Å². The quantitative estimate of drug-likeness (QED) is 0.728. The Hall–Kier alpha value is -1.63. The highest BCUT2D eigenvalue weighted by Gasteiger charge is 2.19. The van der Waals surface area contributed by atoms with E-state index in [1.54, 1.807) is 6.92 Å². The standard InChI is InChI=1S/C14H22N2O4S/c1-9(2)11-8-21-14(15-11)16(6-4-5-12(17)18)7-10(3)13(19)20/h8-10H,4-7H2,1-3H3,(H,17,18)(H,19,20). The lowest BCUT2D eigenvalue weighted by Gasteiger charge is -2.23. The number of hydrogen-bond donors (Lipinski definition) is 2. The van der Waals surface area contributed by atoms with E-state index in [-0.39, 0.29) is 6.42 Å². The van der Waals surface area contributed by atoms with Crippen LogP contribution in [0.1, 0.15) is 45.2 Å². The summed E-state index contributed by atoms with van der Waals surface area (Å²) in [4.78, 5) is 28.0. The molecule has 0 aromatic carbocycles. The van der Waals surface area contributed by atoms with Gasteiger partial charge in [-0.1, -0.05) is 20.8 Å². The molecule has 0 fully saturated rings. The van der Waals surface area contributed by atoms with Crippen molar-refractivity contribution in [1.29, 1.82) is 0 Å². The summed E-state index contributed by atoms with van der Waals surface area (Å²) >= 11 is 1.47. The summed E-state index contributed by atoms with van der Waals surface area (Å²) in [6.45, 7) is 6.57. The van der Waals surface area contributed by atoms with Gasteiger partial charge in [0.1, 0.15) is 0 Å². The van der Waals surface area contributed by atoms with Gasteiger partial charge in [-0.05, 0) is 12.3 Å². The Morgan fingerprint density at radius 3 is 2.48 bits per heavy atom. The second-order valence-corrected chi connectivity index (χ2v) is 6.23. The van der Waals surface area contributed by atoms with Crippen molar-refractivity contribution in [3.63, 3.8) is 0 Å². The summed E-state index contributed by atoms with van der Waals surface area (Å²) in [5.41, 5.74) is 0.973. The van der Waals surface area contributed by atoms with E-state index in [4.69, 9.17) is 10.2 Å². The predicted molar refractivity (Wildman–Crippen MR) is 82.1 cm³/mol. The lowest BCUT2D eigenvalue weighted by Crippen LogP contribution is -2.33. The second kappa shape index (κ2) is 7.97. The van der Waals surface area contributed by atoms with Crippen LogP contribution in [0.4, 0.5) is 5.13 Å². The first-order chi connectivity index (χ1) is 9.81. The highest BCUT2D eigenvalue weighted by Crippen LogP contribution is 2.26. The van der Waals surface area contributed by atoms with Gasteiger partial charge >= 0.3 is 11.9 Å². The minimum Gasteiger partial charge on any atom is -0.481 e. The fourth-order valence-electron chi connectivity index (χ4n) is 1.78. The Morgan fingerprint density at radius 2 is 2.00 bits per heavy atom. The maximum atomic E-state index is 11.0. The van der Waals surface area contributed by atoms with Crippen LogP contribution in [0.15, 0.2) is 5.38 Å². The smallest absolute Gasteiger partial charge is 0.308 e. The minimum absolute atomic E-state index is 0.0698. The number of carboxylic acids is 2. The molecule has 1 aromatic rings. The largest absolute Gasteiger partial charge is 0.481 e. The van der Waals surface area contributed by atoms with Crippen molar-refractivity contribution >= 4 is 28.4 Å². The zero-order valence-electron chi connectivity index (χ0n) is 12.6. The summed E-state index contributed by atoms with van der Waals surface area (Å²) in [5, 5.41) is 20.5. The van der Waals surface area contributed by atoms with Crippen LogP contribution in [0.25, 0.3) is 0 Å². The summed E-state index contributed by atoms with van der Waals surface area (Å²) in [6.07, 6.45) is 0.540. The first kappa shape index (κ1) is 17.4. The van der Waals surface area contributed by atoms with Gasteiger partial charge in [0.15, 0.2) is 5.13 Å². The lowest BCUT2D eigenvalue weighted by atomic mass is 10.1. The Kier molecular flexibility index (Phi) is 6.61. The van der Waals surface area contributed by atoms with Crippen LogP contribution in [-0.4, -0.2) is 40.2 Å². The molecule has 0 radical (unpaired) electrons. The molecule has 0 spiro atoms. The molecule has 0 aliphatic rings. The molecular formula is C14H22N2O4S. The van der Waals surface area contributed by atoms with Crippen molar-refractivity contribution in [3.8, 4) is 0 Å². The number of carbonyl (C=O) groups is 2. The van der Waals surface area contributed by atoms with Crippen LogP contribution in [0, 0.1) is 5.92 Å².